The van der Waals surface area contributed by atoms with E-state index >= 15 is 0 Å². The van der Waals surface area contributed by atoms with Crippen LogP contribution in [0, 0.1) is 17.6 Å². The van der Waals surface area contributed by atoms with Gasteiger partial charge in [0.25, 0.3) is 0 Å². The molecule has 3 atom stereocenters. The summed E-state index contributed by atoms with van der Waals surface area (Å²) in [5.74, 6) is -3.39. The third-order valence-electron chi connectivity index (χ3n) is 4.05. The Morgan fingerprint density at radius 3 is 2.68 bits per heavy atom. The summed E-state index contributed by atoms with van der Waals surface area (Å²) >= 11 is 0. The number of halogens is 2. The van der Waals surface area contributed by atoms with Crippen LogP contribution in [-0.2, 0) is 9.53 Å². The maximum absolute atomic E-state index is 14.2. The number of methoxy groups -OCH3 is 2. The molecule has 7 heteroatoms. The van der Waals surface area contributed by atoms with Crippen LogP contribution in [0.5, 0.6) is 5.75 Å². The third kappa shape index (κ3) is 3.14. The summed E-state index contributed by atoms with van der Waals surface area (Å²) in [5.41, 5.74) is 0.0930. The largest absolute Gasteiger partial charge is 0.491 e. The van der Waals surface area contributed by atoms with Gasteiger partial charge in [-0.3, -0.25) is 0 Å². The van der Waals surface area contributed by atoms with E-state index in [1.165, 1.54) is 20.3 Å². The van der Waals surface area contributed by atoms with E-state index in [0.29, 0.717) is 12.8 Å². The smallest absolute Gasteiger partial charge is 0.333 e. The predicted octanol–water partition coefficient (Wildman–Crippen LogP) is 2.65. The Morgan fingerprint density at radius 1 is 1.36 bits per heavy atom. The zero-order valence-electron chi connectivity index (χ0n) is 12.4. The lowest BCUT2D eigenvalue weighted by Crippen LogP contribution is -2.39. The van der Waals surface area contributed by atoms with Crippen LogP contribution in [-0.4, -0.2) is 37.4 Å². The standard InChI is InChI=1S/C15H19F2NO4/c1-21-13(15(19)20)8-4-3-5-10(8)18-11-7-6-9(16)14(22-2)12(11)17/h6-8,10,13,18H,3-5H2,1-2H3,(H,19,20). The number of carboxylic acid groups (broad SMARTS) is 1. The molecule has 0 aromatic heterocycles. The zero-order valence-corrected chi connectivity index (χ0v) is 12.4. The molecule has 1 fully saturated rings. The molecular formula is C15H19F2NO4. The van der Waals surface area contributed by atoms with Crippen molar-refractivity contribution in [1.29, 1.82) is 0 Å². The maximum atomic E-state index is 14.2. The van der Waals surface area contributed by atoms with E-state index < -0.39 is 29.5 Å². The first kappa shape index (κ1) is 16.5. The summed E-state index contributed by atoms with van der Waals surface area (Å²) < 4.78 is 37.3. The fourth-order valence-corrected chi connectivity index (χ4v) is 3.02. The molecule has 3 unspecified atom stereocenters. The van der Waals surface area contributed by atoms with Crippen molar-refractivity contribution in [3.63, 3.8) is 0 Å². The molecular weight excluding hydrogens is 296 g/mol. The van der Waals surface area contributed by atoms with Gasteiger partial charge in [0.2, 0.25) is 0 Å². The Bertz CT molecular complexity index is 553. The van der Waals surface area contributed by atoms with Gasteiger partial charge in [-0.1, -0.05) is 6.42 Å². The minimum atomic E-state index is -1.04. The number of carbonyl (C=O) groups is 1. The summed E-state index contributed by atoms with van der Waals surface area (Å²) in [5, 5.41) is 12.2. The van der Waals surface area contributed by atoms with Crippen molar-refractivity contribution in [2.24, 2.45) is 5.92 Å². The highest BCUT2D eigenvalue weighted by Crippen LogP contribution is 2.35. The van der Waals surface area contributed by atoms with Gasteiger partial charge in [0.05, 0.1) is 12.8 Å². The highest BCUT2D eigenvalue weighted by atomic mass is 19.1. The van der Waals surface area contributed by atoms with E-state index in [1.54, 1.807) is 0 Å². The Labute approximate surface area is 127 Å². The Balaban J connectivity index is 2.21. The van der Waals surface area contributed by atoms with Gasteiger partial charge in [0, 0.05) is 19.1 Å². The number of rotatable bonds is 6. The molecule has 0 heterocycles. The normalized spacial score (nSPS) is 22.4. The second-order valence-electron chi connectivity index (χ2n) is 5.28. The van der Waals surface area contributed by atoms with E-state index in [0.717, 1.165) is 12.5 Å². The molecule has 1 aliphatic rings. The second-order valence-corrected chi connectivity index (χ2v) is 5.28. The van der Waals surface area contributed by atoms with Crippen molar-refractivity contribution >= 4 is 11.7 Å². The lowest BCUT2D eigenvalue weighted by molar-refractivity contribution is -0.152. The summed E-state index contributed by atoms with van der Waals surface area (Å²) in [6.07, 6.45) is 1.22. The Hall–Kier alpha value is -1.89. The molecule has 22 heavy (non-hydrogen) atoms. The monoisotopic (exact) mass is 315 g/mol. The minimum Gasteiger partial charge on any atom is -0.491 e. The van der Waals surface area contributed by atoms with E-state index in [-0.39, 0.29) is 17.6 Å². The van der Waals surface area contributed by atoms with Gasteiger partial charge in [-0.15, -0.1) is 0 Å². The first-order chi connectivity index (χ1) is 10.5. The fourth-order valence-electron chi connectivity index (χ4n) is 3.02. The summed E-state index contributed by atoms with van der Waals surface area (Å²) in [7, 11) is 2.53. The number of ether oxygens (including phenoxy) is 2. The number of carboxylic acids is 1. The number of hydrogen-bond acceptors (Lipinski definition) is 4. The van der Waals surface area contributed by atoms with Crippen molar-refractivity contribution in [2.75, 3.05) is 19.5 Å². The van der Waals surface area contributed by atoms with Crippen LogP contribution in [0.15, 0.2) is 12.1 Å². The van der Waals surface area contributed by atoms with Crippen LogP contribution in [0.1, 0.15) is 19.3 Å². The van der Waals surface area contributed by atoms with Gasteiger partial charge in [0.15, 0.2) is 23.5 Å². The average Bonchev–Trinajstić information content (AvgIpc) is 2.91. The van der Waals surface area contributed by atoms with Gasteiger partial charge in [-0.25, -0.2) is 13.6 Å². The quantitative estimate of drug-likeness (QED) is 0.845. The Kier molecular flexibility index (Phi) is 5.18. The zero-order chi connectivity index (χ0) is 16.3. The van der Waals surface area contributed by atoms with Crippen LogP contribution in [0.25, 0.3) is 0 Å². The van der Waals surface area contributed by atoms with E-state index in [4.69, 9.17) is 9.47 Å². The predicted molar refractivity (Wildman–Crippen MR) is 76.1 cm³/mol. The molecule has 0 spiro atoms. The summed E-state index contributed by atoms with van der Waals surface area (Å²) in [6.45, 7) is 0. The highest BCUT2D eigenvalue weighted by Gasteiger charge is 2.38. The molecule has 0 aliphatic heterocycles. The average molecular weight is 315 g/mol. The molecule has 5 nitrogen and oxygen atoms in total. The third-order valence-corrected chi connectivity index (χ3v) is 4.05. The second kappa shape index (κ2) is 6.91. The summed E-state index contributed by atoms with van der Waals surface area (Å²) in [4.78, 5) is 11.2. The van der Waals surface area contributed by atoms with E-state index in [9.17, 15) is 18.7 Å². The molecule has 0 amide bonds. The topological polar surface area (TPSA) is 67.8 Å². The lowest BCUT2D eigenvalue weighted by Gasteiger charge is -2.26. The first-order valence-corrected chi connectivity index (χ1v) is 7.03. The molecule has 1 aromatic carbocycles. The van der Waals surface area contributed by atoms with Crippen molar-refractivity contribution in [1.82, 2.24) is 0 Å². The van der Waals surface area contributed by atoms with Crippen molar-refractivity contribution in [2.45, 2.75) is 31.4 Å². The van der Waals surface area contributed by atoms with Crippen molar-refractivity contribution < 1.29 is 28.2 Å². The first-order valence-electron chi connectivity index (χ1n) is 7.03. The van der Waals surface area contributed by atoms with Gasteiger partial charge >= 0.3 is 5.97 Å². The molecule has 2 N–H and O–H groups in total. The summed E-state index contributed by atoms with van der Waals surface area (Å²) in [6, 6.07) is 2.13. The molecule has 2 rings (SSSR count). The number of benzene rings is 1. The molecule has 1 saturated carbocycles. The molecule has 1 aliphatic carbocycles. The lowest BCUT2D eigenvalue weighted by atomic mass is 9.96. The van der Waals surface area contributed by atoms with E-state index in [1.807, 2.05) is 0 Å². The molecule has 1 aromatic rings. The maximum Gasteiger partial charge on any atom is 0.333 e. The minimum absolute atomic E-state index is 0.0930. The molecule has 0 saturated heterocycles. The fraction of sp³-hybridized carbons (Fsp3) is 0.533. The molecule has 0 bridgehead atoms. The Morgan fingerprint density at radius 2 is 2.09 bits per heavy atom. The van der Waals surface area contributed by atoms with Crippen LogP contribution in [0.3, 0.4) is 0 Å². The van der Waals surface area contributed by atoms with Gasteiger partial charge in [-0.2, -0.15) is 0 Å². The van der Waals surface area contributed by atoms with Crippen molar-refractivity contribution in [3.8, 4) is 5.75 Å². The molecule has 122 valence electrons. The SMILES string of the molecule is COc1c(F)ccc(NC2CCCC2C(OC)C(=O)O)c1F. The van der Waals surface area contributed by atoms with Crippen LogP contribution in [0.2, 0.25) is 0 Å². The van der Waals surface area contributed by atoms with Crippen LogP contribution >= 0.6 is 0 Å². The molecule has 0 radical (unpaired) electrons. The highest BCUT2D eigenvalue weighted by molar-refractivity contribution is 5.73. The van der Waals surface area contributed by atoms with Gasteiger partial charge in [0.1, 0.15) is 0 Å². The van der Waals surface area contributed by atoms with Crippen LogP contribution in [0.4, 0.5) is 14.5 Å². The van der Waals surface area contributed by atoms with Crippen molar-refractivity contribution in [3.05, 3.63) is 23.8 Å². The van der Waals surface area contributed by atoms with Gasteiger partial charge < -0.3 is 19.9 Å². The number of nitrogens with one attached hydrogen (secondary N) is 1. The van der Waals surface area contributed by atoms with Gasteiger partial charge in [-0.05, 0) is 25.0 Å². The van der Waals surface area contributed by atoms with Crippen LogP contribution < -0.4 is 10.1 Å². The number of anilines is 1. The number of aliphatic carboxylic acids is 1. The van der Waals surface area contributed by atoms with E-state index in [2.05, 4.69) is 5.32 Å². The number of hydrogen-bond donors (Lipinski definition) is 2.